The van der Waals surface area contributed by atoms with Gasteiger partial charge in [-0.1, -0.05) is 0 Å². The molecule has 0 radical (unpaired) electrons. The maximum absolute atomic E-state index is 12.6. The standard InChI is InChI=1S/C20H22N2O6S/c1-22(29(24,25)17-9-7-16(26-2)8-10-17)12-4-5-20(23)28-18-11-6-15(14-21)13-19(18)27-3/h6-11,13H,4-5,12H2,1-3H3. The van der Waals surface area contributed by atoms with Crippen LogP contribution < -0.4 is 14.2 Å². The summed E-state index contributed by atoms with van der Waals surface area (Å²) in [6, 6.07) is 12.5. The molecule has 2 aromatic rings. The second kappa shape index (κ2) is 9.91. The van der Waals surface area contributed by atoms with Gasteiger partial charge in [0.05, 0.1) is 30.7 Å². The highest BCUT2D eigenvalue weighted by atomic mass is 32.2. The van der Waals surface area contributed by atoms with Gasteiger partial charge in [0.1, 0.15) is 5.75 Å². The zero-order valence-electron chi connectivity index (χ0n) is 16.4. The molecule has 0 bridgehead atoms. The van der Waals surface area contributed by atoms with Gasteiger partial charge >= 0.3 is 5.97 Å². The average molecular weight is 418 g/mol. The number of methoxy groups -OCH3 is 2. The van der Waals surface area contributed by atoms with Crippen molar-refractivity contribution in [2.45, 2.75) is 17.7 Å². The third kappa shape index (κ3) is 5.70. The largest absolute Gasteiger partial charge is 0.497 e. The van der Waals surface area contributed by atoms with Gasteiger partial charge in [0.2, 0.25) is 10.0 Å². The molecule has 154 valence electrons. The molecule has 29 heavy (non-hydrogen) atoms. The Hall–Kier alpha value is -3.09. The molecule has 0 saturated carbocycles. The Labute approximate surface area is 170 Å². The molecule has 0 saturated heterocycles. The molecular weight excluding hydrogens is 396 g/mol. The molecule has 0 N–H and O–H groups in total. The van der Waals surface area contributed by atoms with E-state index in [-0.39, 0.29) is 35.8 Å². The van der Waals surface area contributed by atoms with Gasteiger partial charge in [-0.2, -0.15) is 5.26 Å². The van der Waals surface area contributed by atoms with Crippen molar-refractivity contribution in [2.24, 2.45) is 0 Å². The average Bonchev–Trinajstić information content (AvgIpc) is 2.73. The quantitative estimate of drug-likeness (QED) is 0.455. The highest BCUT2D eigenvalue weighted by molar-refractivity contribution is 7.89. The number of sulfonamides is 1. The number of ether oxygens (including phenoxy) is 3. The predicted octanol–water partition coefficient (Wildman–Crippen LogP) is 2.58. The molecular formula is C20H22N2O6S. The monoisotopic (exact) mass is 418 g/mol. The van der Waals surface area contributed by atoms with Gasteiger partial charge < -0.3 is 14.2 Å². The number of nitrogens with zero attached hydrogens (tertiary/aromatic N) is 2. The topological polar surface area (TPSA) is 106 Å². The molecule has 9 heteroatoms. The Morgan fingerprint density at radius 2 is 1.76 bits per heavy atom. The third-order valence-electron chi connectivity index (χ3n) is 4.14. The normalized spacial score (nSPS) is 11.0. The lowest BCUT2D eigenvalue weighted by molar-refractivity contribution is -0.134. The lowest BCUT2D eigenvalue weighted by Crippen LogP contribution is -2.28. The number of hydrogen-bond donors (Lipinski definition) is 0. The van der Waals surface area contributed by atoms with Gasteiger partial charge in [0, 0.05) is 26.1 Å². The molecule has 0 aliphatic rings. The van der Waals surface area contributed by atoms with Crippen LogP contribution in [0.15, 0.2) is 47.4 Å². The summed E-state index contributed by atoms with van der Waals surface area (Å²) in [5, 5.41) is 8.90. The van der Waals surface area contributed by atoms with E-state index in [0.717, 1.165) is 0 Å². The molecule has 0 aliphatic carbocycles. The second-order valence-corrected chi connectivity index (χ2v) is 8.10. The fraction of sp³-hybridized carbons (Fsp3) is 0.300. The van der Waals surface area contributed by atoms with Crippen LogP contribution in [0.4, 0.5) is 0 Å². The lowest BCUT2D eigenvalue weighted by Gasteiger charge is -2.17. The number of carbonyl (C=O) groups is 1. The van der Waals surface area contributed by atoms with Crippen LogP contribution in [0.5, 0.6) is 17.2 Å². The van der Waals surface area contributed by atoms with Gasteiger partial charge in [-0.3, -0.25) is 4.79 Å². The molecule has 2 rings (SSSR count). The SMILES string of the molecule is COc1ccc(S(=O)(=O)N(C)CCCC(=O)Oc2ccc(C#N)cc2OC)cc1. The number of rotatable bonds is 9. The summed E-state index contributed by atoms with van der Waals surface area (Å²) < 4.78 is 41.7. The summed E-state index contributed by atoms with van der Waals surface area (Å²) in [7, 11) is 0.701. The van der Waals surface area contributed by atoms with Crippen LogP contribution in [0, 0.1) is 11.3 Å². The Balaban J connectivity index is 1.91. The minimum absolute atomic E-state index is 0.0195. The van der Waals surface area contributed by atoms with E-state index in [1.165, 1.54) is 55.9 Å². The van der Waals surface area contributed by atoms with Crippen LogP contribution in [0.1, 0.15) is 18.4 Å². The molecule has 2 aromatic carbocycles. The maximum atomic E-state index is 12.6. The number of nitriles is 1. The molecule has 0 aromatic heterocycles. The van der Waals surface area contributed by atoms with Gasteiger partial charge in [0.15, 0.2) is 11.5 Å². The van der Waals surface area contributed by atoms with Crippen molar-refractivity contribution < 1.29 is 27.4 Å². The van der Waals surface area contributed by atoms with E-state index < -0.39 is 16.0 Å². The summed E-state index contributed by atoms with van der Waals surface area (Å²) in [5.74, 6) is 0.517. The van der Waals surface area contributed by atoms with E-state index in [0.29, 0.717) is 11.3 Å². The van der Waals surface area contributed by atoms with E-state index in [1.807, 2.05) is 6.07 Å². The van der Waals surface area contributed by atoms with Crippen molar-refractivity contribution in [3.05, 3.63) is 48.0 Å². The fourth-order valence-corrected chi connectivity index (χ4v) is 3.70. The first-order chi connectivity index (χ1) is 13.8. The number of esters is 1. The van der Waals surface area contributed by atoms with Crippen molar-refractivity contribution in [1.29, 1.82) is 5.26 Å². The number of benzene rings is 2. The minimum atomic E-state index is -3.66. The van der Waals surface area contributed by atoms with E-state index in [9.17, 15) is 13.2 Å². The Bertz CT molecular complexity index is 997. The van der Waals surface area contributed by atoms with Crippen LogP contribution in [0.3, 0.4) is 0 Å². The van der Waals surface area contributed by atoms with Gasteiger partial charge in [-0.25, -0.2) is 12.7 Å². The Morgan fingerprint density at radius 3 is 2.34 bits per heavy atom. The molecule has 0 amide bonds. The molecule has 8 nitrogen and oxygen atoms in total. The molecule has 0 spiro atoms. The third-order valence-corrected chi connectivity index (χ3v) is 6.01. The van der Waals surface area contributed by atoms with Crippen LogP contribution in [-0.2, 0) is 14.8 Å². The summed E-state index contributed by atoms with van der Waals surface area (Å²) >= 11 is 0. The van der Waals surface area contributed by atoms with Crippen molar-refractivity contribution in [3.63, 3.8) is 0 Å². The van der Waals surface area contributed by atoms with Gasteiger partial charge in [0.25, 0.3) is 0 Å². The van der Waals surface area contributed by atoms with Crippen molar-refractivity contribution in [1.82, 2.24) is 4.31 Å². The van der Waals surface area contributed by atoms with Crippen molar-refractivity contribution in [2.75, 3.05) is 27.8 Å². The smallest absolute Gasteiger partial charge is 0.311 e. The van der Waals surface area contributed by atoms with Crippen LogP contribution >= 0.6 is 0 Å². The van der Waals surface area contributed by atoms with Crippen molar-refractivity contribution >= 4 is 16.0 Å². The summed E-state index contributed by atoms with van der Waals surface area (Å²) in [4.78, 5) is 12.2. The van der Waals surface area contributed by atoms with Gasteiger partial charge in [-0.05, 0) is 42.8 Å². The van der Waals surface area contributed by atoms with E-state index in [4.69, 9.17) is 19.5 Å². The molecule has 0 atom stereocenters. The highest BCUT2D eigenvalue weighted by Gasteiger charge is 2.21. The number of carbonyl (C=O) groups excluding carboxylic acids is 1. The molecule has 0 unspecified atom stereocenters. The molecule has 0 fully saturated rings. The van der Waals surface area contributed by atoms with Crippen LogP contribution in [0.25, 0.3) is 0 Å². The molecule has 0 aliphatic heterocycles. The van der Waals surface area contributed by atoms with E-state index in [1.54, 1.807) is 12.1 Å². The molecule has 0 heterocycles. The highest BCUT2D eigenvalue weighted by Crippen LogP contribution is 2.28. The number of hydrogen-bond acceptors (Lipinski definition) is 7. The first kappa shape index (κ1) is 22.2. The zero-order valence-corrected chi connectivity index (χ0v) is 17.2. The maximum Gasteiger partial charge on any atom is 0.311 e. The van der Waals surface area contributed by atoms with Gasteiger partial charge in [-0.15, -0.1) is 0 Å². The van der Waals surface area contributed by atoms with E-state index in [2.05, 4.69) is 0 Å². The lowest BCUT2D eigenvalue weighted by atomic mass is 10.2. The first-order valence-corrected chi connectivity index (χ1v) is 10.1. The van der Waals surface area contributed by atoms with Crippen LogP contribution in [0.2, 0.25) is 0 Å². The Morgan fingerprint density at radius 1 is 1.07 bits per heavy atom. The minimum Gasteiger partial charge on any atom is -0.497 e. The second-order valence-electron chi connectivity index (χ2n) is 6.06. The summed E-state index contributed by atoms with van der Waals surface area (Å²) in [5.41, 5.74) is 0.381. The van der Waals surface area contributed by atoms with Crippen LogP contribution in [-0.4, -0.2) is 46.5 Å². The van der Waals surface area contributed by atoms with E-state index >= 15 is 0 Å². The fourth-order valence-electron chi connectivity index (χ4n) is 2.49. The first-order valence-electron chi connectivity index (χ1n) is 8.71. The zero-order chi connectivity index (χ0) is 21.4. The Kier molecular flexibility index (Phi) is 7.59. The summed E-state index contributed by atoms with van der Waals surface area (Å²) in [6.07, 6.45) is 0.301. The summed E-state index contributed by atoms with van der Waals surface area (Å²) in [6.45, 7) is 0.147. The van der Waals surface area contributed by atoms with Crippen molar-refractivity contribution in [3.8, 4) is 23.3 Å². The predicted molar refractivity (Wildman–Crippen MR) is 105 cm³/mol.